The van der Waals surface area contributed by atoms with Crippen molar-refractivity contribution in [3.63, 3.8) is 0 Å². The van der Waals surface area contributed by atoms with Crippen molar-refractivity contribution in [3.8, 4) is 0 Å². The lowest BCUT2D eigenvalue weighted by Crippen LogP contribution is -2.47. The van der Waals surface area contributed by atoms with Gasteiger partial charge in [-0.3, -0.25) is 4.79 Å². The first-order valence-electron chi connectivity index (χ1n) is 11.1. The predicted molar refractivity (Wildman–Crippen MR) is 133 cm³/mol. The maximum atomic E-state index is 13.2. The number of aromatic carboxylic acids is 1. The first-order valence-corrected chi connectivity index (χ1v) is 11.5. The quantitative estimate of drug-likeness (QED) is 0.438. The van der Waals surface area contributed by atoms with Crippen LogP contribution in [-0.4, -0.2) is 43.2 Å². The third kappa shape index (κ3) is 5.57. The molecule has 0 saturated carbocycles. The van der Waals surface area contributed by atoms with Crippen LogP contribution >= 0.6 is 11.6 Å². The number of amides is 1. The highest BCUT2D eigenvalue weighted by Crippen LogP contribution is 2.35. The van der Waals surface area contributed by atoms with E-state index >= 15 is 0 Å². The Labute approximate surface area is 210 Å². The Kier molecular flexibility index (Phi) is 7.12. The Bertz CT molecular complexity index is 1290. The summed E-state index contributed by atoms with van der Waals surface area (Å²) in [7, 11) is 0. The van der Waals surface area contributed by atoms with Gasteiger partial charge in [-0.2, -0.15) is 13.2 Å². The Morgan fingerprint density at radius 1 is 0.861 bits per heavy atom. The molecule has 0 bridgehead atoms. The number of nitrogens with one attached hydrogen (secondary N) is 1. The van der Waals surface area contributed by atoms with Gasteiger partial charge in [0.25, 0.3) is 5.91 Å². The molecule has 6 nitrogen and oxygen atoms in total. The molecule has 2 N–H and O–H groups in total. The lowest BCUT2D eigenvalue weighted by atomic mass is 10.1. The number of rotatable bonds is 5. The van der Waals surface area contributed by atoms with Crippen LogP contribution in [-0.2, 0) is 6.18 Å². The molecular formula is C26H23ClF3N3O3. The Balaban J connectivity index is 1.56. The van der Waals surface area contributed by atoms with Crippen LogP contribution in [0.25, 0.3) is 0 Å². The van der Waals surface area contributed by atoms with E-state index in [2.05, 4.69) is 5.32 Å². The minimum atomic E-state index is -4.42. The van der Waals surface area contributed by atoms with Gasteiger partial charge in [0.1, 0.15) is 0 Å². The average molecular weight is 518 g/mol. The number of alkyl halides is 3. The van der Waals surface area contributed by atoms with Crippen molar-refractivity contribution >= 4 is 40.5 Å². The van der Waals surface area contributed by atoms with Crippen LogP contribution in [0.5, 0.6) is 0 Å². The predicted octanol–water partition coefficient (Wildman–Crippen LogP) is 5.94. The molecule has 0 radical (unpaired) electrons. The summed E-state index contributed by atoms with van der Waals surface area (Å²) in [6.45, 7) is 3.61. The van der Waals surface area contributed by atoms with Gasteiger partial charge in [-0.05, 0) is 67.1 Å². The number of hydrogen-bond acceptors (Lipinski definition) is 4. The number of aryl methyl sites for hydroxylation is 1. The van der Waals surface area contributed by atoms with Crippen molar-refractivity contribution in [2.75, 3.05) is 41.3 Å². The van der Waals surface area contributed by atoms with Crippen LogP contribution in [0, 0.1) is 6.92 Å². The molecule has 0 aliphatic carbocycles. The summed E-state index contributed by atoms with van der Waals surface area (Å²) in [5.74, 6) is -1.55. The zero-order chi connectivity index (χ0) is 26.0. The number of benzene rings is 3. The van der Waals surface area contributed by atoms with Gasteiger partial charge in [-0.1, -0.05) is 17.7 Å². The van der Waals surface area contributed by atoms with Gasteiger partial charge in [0.15, 0.2) is 0 Å². The second-order valence-electron chi connectivity index (χ2n) is 8.47. The number of halogens is 4. The normalized spacial score (nSPS) is 14.0. The summed E-state index contributed by atoms with van der Waals surface area (Å²) < 4.78 is 39.7. The third-order valence-electron chi connectivity index (χ3n) is 6.10. The molecule has 10 heteroatoms. The first-order chi connectivity index (χ1) is 17.0. The number of anilines is 3. The molecule has 0 atom stereocenters. The zero-order valence-corrected chi connectivity index (χ0v) is 20.0. The van der Waals surface area contributed by atoms with Gasteiger partial charge in [0.05, 0.1) is 22.5 Å². The second kappa shape index (κ2) is 10.1. The fourth-order valence-corrected chi connectivity index (χ4v) is 4.28. The van der Waals surface area contributed by atoms with Crippen molar-refractivity contribution < 1.29 is 27.9 Å². The molecule has 1 heterocycles. The number of carbonyl (C=O) groups is 2. The van der Waals surface area contributed by atoms with E-state index in [1.165, 1.54) is 24.3 Å². The van der Waals surface area contributed by atoms with Gasteiger partial charge in [0.2, 0.25) is 0 Å². The van der Waals surface area contributed by atoms with Crippen molar-refractivity contribution in [1.82, 2.24) is 0 Å². The SMILES string of the molecule is Cc1ccc(C(F)(F)F)cc1N1CCN(c2ccc(C(=O)O)cc2NC(=O)c2ccc(Cl)cc2)CC1. The highest BCUT2D eigenvalue weighted by Gasteiger charge is 2.32. The number of carboxylic acid groups (broad SMARTS) is 1. The third-order valence-corrected chi connectivity index (χ3v) is 6.35. The maximum Gasteiger partial charge on any atom is 0.416 e. The van der Waals surface area contributed by atoms with Crippen LogP contribution in [0.1, 0.15) is 31.8 Å². The van der Waals surface area contributed by atoms with E-state index < -0.39 is 23.6 Å². The molecule has 0 unspecified atom stereocenters. The molecule has 4 rings (SSSR count). The number of carbonyl (C=O) groups excluding carboxylic acids is 1. The molecule has 1 saturated heterocycles. The number of hydrogen-bond donors (Lipinski definition) is 2. The summed E-state index contributed by atoms with van der Waals surface area (Å²) in [5.41, 5.74) is 1.92. The molecule has 0 spiro atoms. The standard InChI is InChI=1S/C26H23ClF3N3O3/c1-16-2-6-19(26(28,29)30)15-23(16)33-12-10-32(11-13-33)22-9-5-18(25(35)36)14-21(22)31-24(34)17-3-7-20(27)8-4-17/h2-9,14-15H,10-13H2,1H3,(H,31,34)(H,35,36). The van der Waals surface area contributed by atoms with Gasteiger partial charge >= 0.3 is 12.1 Å². The van der Waals surface area contributed by atoms with Crippen LogP contribution in [0.4, 0.5) is 30.2 Å². The molecular weight excluding hydrogens is 495 g/mol. The monoisotopic (exact) mass is 517 g/mol. The minimum Gasteiger partial charge on any atom is -0.478 e. The van der Waals surface area contributed by atoms with Crippen molar-refractivity contribution in [3.05, 3.63) is 87.9 Å². The topological polar surface area (TPSA) is 72.9 Å². The van der Waals surface area contributed by atoms with Crippen LogP contribution < -0.4 is 15.1 Å². The molecule has 3 aromatic rings. The van der Waals surface area contributed by atoms with Crippen LogP contribution in [0.2, 0.25) is 5.02 Å². The second-order valence-corrected chi connectivity index (χ2v) is 8.91. The average Bonchev–Trinajstić information content (AvgIpc) is 2.84. The Hall–Kier alpha value is -3.72. The fourth-order valence-electron chi connectivity index (χ4n) is 4.16. The Morgan fingerprint density at radius 2 is 1.44 bits per heavy atom. The fraction of sp³-hybridized carbons (Fsp3) is 0.231. The molecule has 36 heavy (non-hydrogen) atoms. The summed E-state index contributed by atoms with van der Waals surface area (Å²) in [6.07, 6.45) is -4.42. The van der Waals surface area contributed by atoms with E-state index in [0.717, 1.165) is 11.6 Å². The van der Waals surface area contributed by atoms with E-state index in [1.54, 1.807) is 37.3 Å². The van der Waals surface area contributed by atoms with Gasteiger partial charge in [0, 0.05) is 42.5 Å². The maximum absolute atomic E-state index is 13.2. The van der Waals surface area contributed by atoms with Crippen molar-refractivity contribution in [2.24, 2.45) is 0 Å². The molecule has 1 aliphatic heterocycles. The number of nitrogens with zero attached hydrogens (tertiary/aromatic N) is 2. The number of carboxylic acids is 1. The van der Waals surface area contributed by atoms with Crippen LogP contribution in [0.15, 0.2) is 60.7 Å². The van der Waals surface area contributed by atoms with E-state index in [1.807, 2.05) is 9.80 Å². The lowest BCUT2D eigenvalue weighted by molar-refractivity contribution is -0.137. The highest BCUT2D eigenvalue weighted by molar-refractivity contribution is 6.30. The van der Waals surface area contributed by atoms with Crippen molar-refractivity contribution in [1.29, 1.82) is 0 Å². The Morgan fingerprint density at radius 3 is 2.03 bits per heavy atom. The van der Waals surface area contributed by atoms with E-state index in [-0.39, 0.29) is 5.56 Å². The zero-order valence-electron chi connectivity index (χ0n) is 19.3. The summed E-state index contributed by atoms with van der Waals surface area (Å²) >= 11 is 5.89. The molecule has 1 fully saturated rings. The molecule has 188 valence electrons. The lowest BCUT2D eigenvalue weighted by Gasteiger charge is -2.39. The minimum absolute atomic E-state index is 0.0170. The molecule has 0 aromatic heterocycles. The summed E-state index contributed by atoms with van der Waals surface area (Å²) in [5, 5.41) is 12.7. The molecule has 1 amide bonds. The molecule has 3 aromatic carbocycles. The number of piperazine rings is 1. The van der Waals surface area contributed by atoms with Gasteiger partial charge in [-0.25, -0.2) is 4.79 Å². The van der Waals surface area contributed by atoms with Gasteiger partial charge < -0.3 is 20.2 Å². The van der Waals surface area contributed by atoms with E-state index in [0.29, 0.717) is 53.8 Å². The summed E-state index contributed by atoms with van der Waals surface area (Å²) in [6, 6.07) is 14.5. The van der Waals surface area contributed by atoms with Gasteiger partial charge in [-0.15, -0.1) is 0 Å². The highest BCUT2D eigenvalue weighted by atomic mass is 35.5. The van der Waals surface area contributed by atoms with E-state index in [4.69, 9.17) is 11.6 Å². The smallest absolute Gasteiger partial charge is 0.416 e. The first kappa shape index (κ1) is 25.4. The molecule has 1 aliphatic rings. The largest absolute Gasteiger partial charge is 0.478 e. The summed E-state index contributed by atoms with van der Waals surface area (Å²) in [4.78, 5) is 28.2. The van der Waals surface area contributed by atoms with E-state index in [9.17, 15) is 27.9 Å². The van der Waals surface area contributed by atoms with Crippen LogP contribution in [0.3, 0.4) is 0 Å². The van der Waals surface area contributed by atoms with Crippen molar-refractivity contribution in [2.45, 2.75) is 13.1 Å².